The van der Waals surface area contributed by atoms with Crippen LogP contribution in [0.3, 0.4) is 0 Å². The van der Waals surface area contributed by atoms with Crippen LogP contribution in [0, 0.1) is 5.82 Å². The Morgan fingerprint density at radius 2 is 2.16 bits per heavy atom. The molecule has 0 atom stereocenters. The van der Waals surface area contributed by atoms with Gasteiger partial charge < -0.3 is 5.11 Å². The fourth-order valence-corrected chi connectivity index (χ4v) is 1.74. The first-order valence-electron chi connectivity index (χ1n) is 5.67. The number of H-pyrrole nitrogens is 1. The lowest BCUT2D eigenvalue weighted by molar-refractivity contribution is -0.137. The molecule has 0 fully saturated rings. The fourth-order valence-electron chi connectivity index (χ4n) is 1.74. The normalized spacial score (nSPS) is 10.6. The minimum atomic E-state index is -1.01. The molecule has 6 nitrogen and oxygen atoms in total. The van der Waals surface area contributed by atoms with Gasteiger partial charge in [0, 0.05) is 13.0 Å². The molecule has 0 unspecified atom stereocenters. The van der Waals surface area contributed by atoms with Gasteiger partial charge in [-0.1, -0.05) is 18.2 Å². The van der Waals surface area contributed by atoms with E-state index in [1.807, 2.05) is 0 Å². The second-order valence-electron chi connectivity index (χ2n) is 4.01. The van der Waals surface area contributed by atoms with Crippen molar-refractivity contribution < 1.29 is 14.3 Å². The number of carbonyl (C=O) groups is 1. The molecule has 0 bridgehead atoms. The first-order chi connectivity index (χ1) is 9.08. The maximum atomic E-state index is 13.5. The van der Waals surface area contributed by atoms with Crippen LogP contribution in [-0.2, 0) is 17.8 Å². The summed E-state index contributed by atoms with van der Waals surface area (Å²) in [6.45, 7) is 0.00839. The summed E-state index contributed by atoms with van der Waals surface area (Å²) in [7, 11) is 0. The van der Waals surface area contributed by atoms with Gasteiger partial charge in [-0.3, -0.25) is 9.36 Å². The maximum absolute atomic E-state index is 13.5. The molecule has 0 aliphatic heterocycles. The first kappa shape index (κ1) is 13.0. The molecule has 1 aromatic heterocycles. The number of carboxylic acids is 1. The van der Waals surface area contributed by atoms with E-state index in [1.165, 1.54) is 10.6 Å². The molecular weight excluding hydrogens is 253 g/mol. The third kappa shape index (κ3) is 3.06. The summed E-state index contributed by atoms with van der Waals surface area (Å²) < 4.78 is 14.7. The summed E-state index contributed by atoms with van der Waals surface area (Å²) in [5.41, 5.74) is -0.0920. The highest BCUT2D eigenvalue weighted by atomic mass is 19.1. The van der Waals surface area contributed by atoms with Crippen molar-refractivity contribution in [3.05, 3.63) is 52.0 Å². The molecule has 19 heavy (non-hydrogen) atoms. The number of halogens is 1. The van der Waals surface area contributed by atoms with Crippen LogP contribution in [0.5, 0.6) is 0 Å². The minimum absolute atomic E-state index is 0.00839. The number of benzene rings is 1. The highest BCUT2D eigenvalue weighted by Crippen LogP contribution is 2.10. The summed E-state index contributed by atoms with van der Waals surface area (Å²) in [4.78, 5) is 22.0. The van der Waals surface area contributed by atoms with Gasteiger partial charge in [0.1, 0.15) is 11.6 Å². The van der Waals surface area contributed by atoms with Crippen LogP contribution >= 0.6 is 0 Å². The average molecular weight is 265 g/mol. The lowest BCUT2D eigenvalue weighted by Crippen LogP contribution is -2.21. The van der Waals surface area contributed by atoms with Crippen LogP contribution in [-0.4, -0.2) is 25.8 Å². The van der Waals surface area contributed by atoms with E-state index in [1.54, 1.807) is 18.2 Å². The molecule has 1 aromatic carbocycles. The van der Waals surface area contributed by atoms with Crippen molar-refractivity contribution in [3.8, 4) is 0 Å². The Labute approximate surface area is 107 Å². The molecule has 0 aliphatic rings. The third-order valence-electron chi connectivity index (χ3n) is 2.69. The smallest absolute Gasteiger partial charge is 0.343 e. The molecule has 2 aromatic rings. The lowest BCUT2D eigenvalue weighted by Gasteiger charge is -2.05. The number of aliphatic carboxylic acids is 1. The molecule has 2 N–H and O–H groups in total. The Bertz CT molecular complexity index is 648. The minimum Gasteiger partial charge on any atom is -0.481 e. The summed E-state index contributed by atoms with van der Waals surface area (Å²) in [6, 6.07) is 6.17. The number of hydrogen-bond donors (Lipinski definition) is 2. The van der Waals surface area contributed by atoms with E-state index in [-0.39, 0.29) is 25.2 Å². The topological polar surface area (TPSA) is 88.0 Å². The summed E-state index contributed by atoms with van der Waals surface area (Å²) in [5, 5.41) is 14.7. The second kappa shape index (κ2) is 5.47. The zero-order valence-corrected chi connectivity index (χ0v) is 9.97. The highest BCUT2D eigenvalue weighted by Gasteiger charge is 2.12. The summed E-state index contributed by atoms with van der Waals surface area (Å²) in [6.07, 6.45) is -0.0608. The van der Waals surface area contributed by atoms with Crippen molar-refractivity contribution in [1.82, 2.24) is 14.8 Å². The van der Waals surface area contributed by atoms with Crippen molar-refractivity contribution in [2.45, 2.75) is 19.4 Å². The zero-order valence-electron chi connectivity index (χ0n) is 9.97. The van der Waals surface area contributed by atoms with Gasteiger partial charge in [0.25, 0.3) is 0 Å². The van der Waals surface area contributed by atoms with Gasteiger partial charge >= 0.3 is 11.7 Å². The average Bonchev–Trinajstić information content (AvgIpc) is 2.71. The van der Waals surface area contributed by atoms with Crippen molar-refractivity contribution in [2.75, 3.05) is 0 Å². The predicted octanol–water partition coefficient (Wildman–Crippen LogP) is 0.776. The molecule has 0 aliphatic carbocycles. The Balaban J connectivity index is 2.24. The Morgan fingerprint density at radius 1 is 1.42 bits per heavy atom. The van der Waals surface area contributed by atoms with Gasteiger partial charge in [-0.2, -0.15) is 5.10 Å². The molecule has 1 heterocycles. The van der Waals surface area contributed by atoms with E-state index < -0.39 is 11.7 Å². The SMILES string of the molecule is O=C(O)CCn1c(Cc2ccccc2F)n[nH]c1=O. The predicted molar refractivity (Wildman–Crippen MR) is 64.3 cm³/mol. The largest absolute Gasteiger partial charge is 0.481 e. The van der Waals surface area contributed by atoms with Gasteiger partial charge in [-0.05, 0) is 11.6 Å². The first-order valence-corrected chi connectivity index (χ1v) is 5.67. The molecule has 0 radical (unpaired) electrons. The van der Waals surface area contributed by atoms with Crippen molar-refractivity contribution >= 4 is 5.97 Å². The van der Waals surface area contributed by atoms with Crippen molar-refractivity contribution in [3.63, 3.8) is 0 Å². The fraction of sp³-hybridized carbons (Fsp3) is 0.250. The number of hydrogen-bond acceptors (Lipinski definition) is 3. The molecule has 0 spiro atoms. The number of rotatable bonds is 5. The van der Waals surface area contributed by atoms with E-state index in [9.17, 15) is 14.0 Å². The standard InChI is InChI=1S/C12H12FN3O3/c13-9-4-2-1-3-8(9)7-10-14-15-12(19)16(10)6-5-11(17)18/h1-4H,5-7H2,(H,15,19)(H,17,18). The maximum Gasteiger partial charge on any atom is 0.343 e. The van der Waals surface area contributed by atoms with E-state index in [2.05, 4.69) is 10.2 Å². The molecule has 0 saturated carbocycles. The van der Waals surface area contributed by atoms with Gasteiger partial charge in [-0.15, -0.1) is 0 Å². The van der Waals surface area contributed by atoms with Crippen LogP contribution in [0.2, 0.25) is 0 Å². The molecule has 7 heteroatoms. The number of aromatic nitrogens is 3. The Hall–Kier alpha value is -2.44. The van der Waals surface area contributed by atoms with E-state index in [0.29, 0.717) is 11.4 Å². The zero-order chi connectivity index (χ0) is 13.8. The van der Waals surface area contributed by atoms with Crippen LogP contribution in [0.25, 0.3) is 0 Å². The number of carboxylic acid groups (broad SMARTS) is 1. The van der Waals surface area contributed by atoms with Gasteiger partial charge in [-0.25, -0.2) is 14.3 Å². The Morgan fingerprint density at radius 3 is 2.84 bits per heavy atom. The quantitative estimate of drug-likeness (QED) is 0.836. The lowest BCUT2D eigenvalue weighted by atomic mass is 10.1. The van der Waals surface area contributed by atoms with Crippen molar-refractivity contribution in [1.29, 1.82) is 0 Å². The number of aromatic amines is 1. The summed E-state index contributed by atoms with van der Waals surface area (Å²) in [5.74, 6) is -1.08. The summed E-state index contributed by atoms with van der Waals surface area (Å²) >= 11 is 0. The molecule has 0 amide bonds. The molecule has 100 valence electrons. The van der Waals surface area contributed by atoms with Crippen LogP contribution < -0.4 is 5.69 Å². The van der Waals surface area contributed by atoms with Crippen LogP contribution in [0.15, 0.2) is 29.1 Å². The van der Waals surface area contributed by atoms with Gasteiger partial charge in [0.2, 0.25) is 0 Å². The van der Waals surface area contributed by atoms with E-state index in [4.69, 9.17) is 5.11 Å². The number of nitrogens with one attached hydrogen (secondary N) is 1. The molecular formula is C12H12FN3O3. The second-order valence-corrected chi connectivity index (χ2v) is 4.01. The Kier molecular flexibility index (Phi) is 3.74. The van der Waals surface area contributed by atoms with Crippen LogP contribution in [0.1, 0.15) is 17.8 Å². The van der Waals surface area contributed by atoms with Gasteiger partial charge in [0.15, 0.2) is 0 Å². The molecule has 0 saturated heterocycles. The van der Waals surface area contributed by atoms with E-state index >= 15 is 0 Å². The highest BCUT2D eigenvalue weighted by molar-refractivity contribution is 5.66. The monoisotopic (exact) mass is 265 g/mol. The van der Waals surface area contributed by atoms with E-state index in [0.717, 1.165) is 0 Å². The number of nitrogens with zero attached hydrogens (tertiary/aromatic N) is 2. The van der Waals surface area contributed by atoms with Gasteiger partial charge in [0.05, 0.1) is 6.42 Å². The molecule has 2 rings (SSSR count). The third-order valence-corrected chi connectivity index (χ3v) is 2.69. The van der Waals surface area contributed by atoms with Crippen LogP contribution in [0.4, 0.5) is 4.39 Å². The van der Waals surface area contributed by atoms with Crippen molar-refractivity contribution in [2.24, 2.45) is 0 Å².